The number of hydrogen-bond acceptors (Lipinski definition) is 4. The molecule has 1 aromatic carbocycles. The van der Waals surface area contributed by atoms with Crippen molar-refractivity contribution in [3.63, 3.8) is 0 Å². The fraction of sp³-hybridized carbons (Fsp3) is 0.231. The van der Waals surface area contributed by atoms with Gasteiger partial charge >= 0.3 is 0 Å². The first kappa shape index (κ1) is 11.0. The molecule has 0 spiro atoms. The molecule has 92 valence electrons. The summed E-state index contributed by atoms with van der Waals surface area (Å²) in [7, 11) is 0. The van der Waals surface area contributed by atoms with Gasteiger partial charge in [0, 0.05) is 18.3 Å². The lowest BCUT2D eigenvalue weighted by Crippen LogP contribution is -2.10. The second kappa shape index (κ2) is 4.27. The van der Waals surface area contributed by atoms with Crippen molar-refractivity contribution in [3.05, 3.63) is 36.0 Å². The average Bonchev–Trinajstić information content (AvgIpc) is 2.73. The Hall–Kier alpha value is -2.14. The van der Waals surface area contributed by atoms with Gasteiger partial charge in [0.25, 0.3) is 0 Å². The SMILES string of the molecule is Cc1cc(NCCO)n2c(n1)nc1ccccc12. The summed E-state index contributed by atoms with van der Waals surface area (Å²) in [6.45, 7) is 2.53. The minimum Gasteiger partial charge on any atom is -0.395 e. The third kappa shape index (κ3) is 1.69. The molecule has 5 nitrogen and oxygen atoms in total. The number of fused-ring (bicyclic) bond motifs is 3. The summed E-state index contributed by atoms with van der Waals surface area (Å²) in [6, 6.07) is 9.87. The zero-order valence-corrected chi connectivity index (χ0v) is 10.1. The number of rotatable bonds is 3. The molecule has 2 aromatic heterocycles. The van der Waals surface area contributed by atoms with E-state index in [1.807, 2.05) is 41.7 Å². The minimum absolute atomic E-state index is 0.0928. The fourth-order valence-electron chi connectivity index (χ4n) is 2.09. The molecule has 0 aliphatic carbocycles. The van der Waals surface area contributed by atoms with Gasteiger partial charge < -0.3 is 10.4 Å². The maximum Gasteiger partial charge on any atom is 0.236 e. The molecule has 18 heavy (non-hydrogen) atoms. The van der Waals surface area contributed by atoms with E-state index >= 15 is 0 Å². The topological polar surface area (TPSA) is 62.5 Å². The number of hydrogen-bond donors (Lipinski definition) is 2. The van der Waals surface area contributed by atoms with Gasteiger partial charge in [-0.15, -0.1) is 0 Å². The Labute approximate surface area is 104 Å². The van der Waals surface area contributed by atoms with Crippen LogP contribution >= 0.6 is 0 Å². The van der Waals surface area contributed by atoms with Crippen molar-refractivity contribution in [2.45, 2.75) is 6.92 Å². The van der Waals surface area contributed by atoms with Crippen LogP contribution < -0.4 is 5.32 Å². The molecule has 2 N–H and O–H groups in total. The standard InChI is InChI=1S/C13H14N4O/c1-9-8-12(14-6-7-18)17-11-5-3-2-4-10(11)16-13(17)15-9/h2-5,8,14,18H,6-7H2,1H3. The monoisotopic (exact) mass is 242 g/mol. The lowest BCUT2D eigenvalue weighted by molar-refractivity contribution is 0.311. The highest BCUT2D eigenvalue weighted by molar-refractivity contribution is 5.81. The molecule has 0 fully saturated rings. The number of aryl methyl sites for hydroxylation is 1. The Kier molecular flexibility index (Phi) is 2.60. The number of para-hydroxylation sites is 2. The van der Waals surface area contributed by atoms with Gasteiger partial charge in [-0.2, -0.15) is 0 Å². The molecule has 0 radical (unpaired) electrons. The summed E-state index contributed by atoms with van der Waals surface area (Å²) in [5, 5.41) is 12.1. The summed E-state index contributed by atoms with van der Waals surface area (Å²) in [4.78, 5) is 8.93. The average molecular weight is 242 g/mol. The van der Waals surface area contributed by atoms with Crippen LogP contribution in [0.5, 0.6) is 0 Å². The van der Waals surface area contributed by atoms with E-state index in [1.54, 1.807) is 0 Å². The van der Waals surface area contributed by atoms with Gasteiger partial charge in [0.1, 0.15) is 5.82 Å². The normalized spacial score (nSPS) is 11.2. The van der Waals surface area contributed by atoms with Crippen LogP contribution in [0.3, 0.4) is 0 Å². The number of aliphatic hydroxyl groups is 1. The number of nitrogens with zero attached hydrogens (tertiary/aromatic N) is 3. The molecule has 0 bridgehead atoms. The van der Waals surface area contributed by atoms with E-state index in [-0.39, 0.29) is 6.61 Å². The zero-order valence-electron chi connectivity index (χ0n) is 10.1. The number of aliphatic hydroxyl groups excluding tert-OH is 1. The number of nitrogens with one attached hydrogen (secondary N) is 1. The zero-order chi connectivity index (χ0) is 12.5. The Morgan fingerprint density at radius 2 is 2.11 bits per heavy atom. The predicted molar refractivity (Wildman–Crippen MR) is 70.8 cm³/mol. The molecule has 2 heterocycles. The van der Waals surface area contributed by atoms with Gasteiger partial charge in [-0.25, -0.2) is 9.97 Å². The maximum atomic E-state index is 8.93. The first-order valence-corrected chi connectivity index (χ1v) is 5.89. The van der Waals surface area contributed by atoms with Crippen molar-refractivity contribution in [2.24, 2.45) is 0 Å². The number of imidazole rings is 1. The lowest BCUT2D eigenvalue weighted by Gasteiger charge is -2.08. The van der Waals surface area contributed by atoms with Crippen LogP contribution in [0, 0.1) is 6.92 Å². The number of aromatic nitrogens is 3. The van der Waals surface area contributed by atoms with Crippen LogP contribution in [0.25, 0.3) is 16.8 Å². The van der Waals surface area contributed by atoms with Gasteiger partial charge in [-0.05, 0) is 19.1 Å². The molecular weight excluding hydrogens is 228 g/mol. The molecular formula is C13H14N4O. The molecule has 5 heteroatoms. The number of benzene rings is 1. The molecule has 3 aromatic rings. The summed E-state index contributed by atoms with van der Waals surface area (Å²) < 4.78 is 1.97. The quantitative estimate of drug-likeness (QED) is 0.732. The van der Waals surface area contributed by atoms with Gasteiger partial charge in [-0.1, -0.05) is 12.1 Å². The van der Waals surface area contributed by atoms with Gasteiger partial charge in [-0.3, -0.25) is 4.40 Å². The van der Waals surface area contributed by atoms with E-state index in [0.29, 0.717) is 12.3 Å². The molecule has 0 saturated carbocycles. The summed E-state index contributed by atoms with van der Waals surface area (Å²) in [5.74, 6) is 1.58. The Balaban J connectivity index is 2.31. The summed E-state index contributed by atoms with van der Waals surface area (Å²) in [5.41, 5.74) is 2.83. The van der Waals surface area contributed by atoms with Crippen molar-refractivity contribution >= 4 is 22.6 Å². The van der Waals surface area contributed by atoms with Gasteiger partial charge in [0.15, 0.2) is 0 Å². The summed E-state index contributed by atoms with van der Waals surface area (Å²) in [6.07, 6.45) is 0. The first-order valence-electron chi connectivity index (χ1n) is 5.89. The van der Waals surface area contributed by atoms with E-state index < -0.39 is 0 Å². The van der Waals surface area contributed by atoms with Crippen LogP contribution in [-0.2, 0) is 0 Å². The van der Waals surface area contributed by atoms with Crippen molar-refractivity contribution in [3.8, 4) is 0 Å². The van der Waals surface area contributed by atoms with E-state index in [1.165, 1.54) is 0 Å². The van der Waals surface area contributed by atoms with E-state index in [0.717, 1.165) is 22.5 Å². The van der Waals surface area contributed by atoms with E-state index in [9.17, 15) is 0 Å². The highest BCUT2D eigenvalue weighted by atomic mass is 16.3. The second-order valence-corrected chi connectivity index (χ2v) is 4.17. The molecule has 0 amide bonds. The summed E-state index contributed by atoms with van der Waals surface area (Å²) >= 11 is 0. The van der Waals surface area contributed by atoms with Crippen LogP contribution in [0.2, 0.25) is 0 Å². The van der Waals surface area contributed by atoms with Crippen molar-refractivity contribution < 1.29 is 5.11 Å². The molecule has 0 aliphatic heterocycles. The van der Waals surface area contributed by atoms with Crippen molar-refractivity contribution in [2.75, 3.05) is 18.5 Å². The highest BCUT2D eigenvalue weighted by Crippen LogP contribution is 2.20. The maximum absolute atomic E-state index is 8.93. The Morgan fingerprint density at radius 1 is 1.28 bits per heavy atom. The second-order valence-electron chi connectivity index (χ2n) is 4.17. The molecule has 0 unspecified atom stereocenters. The Bertz CT molecular complexity index is 705. The smallest absolute Gasteiger partial charge is 0.236 e. The van der Waals surface area contributed by atoms with Crippen molar-refractivity contribution in [1.29, 1.82) is 0 Å². The third-order valence-electron chi connectivity index (χ3n) is 2.82. The van der Waals surface area contributed by atoms with Crippen molar-refractivity contribution in [1.82, 2.24) is 14.4 Å². The fourth-order valence-corrected chi connectivity index (χ4v) is 2.09. The lowest BCUT2D eigenvalue weighted by atomic mass is 10.3. The predicted octanol–water partition coefficient (Wildman–Crippen LogP) is 1.60. The van der Waals surface area contributed by atoms with Crippen LogP contribution in [0.15, 0.2) is 30.3 Å². The largest absolute Gasteiger partial charge is 0.395 e. The van der Waals surface area contributed by atoms with Crippen LogP contribution in [0.1, 0.15) is 5.69 Å². The molecule has 0 aliphatic rings. The van der Waals surface area contributed by atoms with Crippen LogP contribution in [0.4, 0.5) is 5.82 Å². The van der Waals surface area contributed by atoms with Gasteiger partial charge in [0.2, 0.25) is 5.78 Å². The molecule has 0 saturated heterocycles. The minimum atomic E-state index is 0.0928. The number of anilines is 1. The molecule has 0 atom stereocenters. The molecule has 3 rings (SSSR count). The first-order chi connectivity index (χ1) is 8.79. The van der Waals surface area contributed by atoms with Crippen LogP contribution in [-0.4, -0.2) is 32.6 Å². The highest BCUT2D eigenvalue weighted by Gasteiger charge is 2.09. The van der Waals surface area contributed by atoms with E-state index in [2.05, 4.69) is 15.3 Å². The Morgan fingerprint density at radius 3 is 2.94 bits per heavy atom. The third-order valence-corrected chi connectivity index (χ3v) is 2.82. The van der Waals surface area contributed by atoms with E-state index in [4.69, 9.17) is 5.11 Å². The van der Waals surface area contributed by atoms with Gasteiger partial charge in [0.05, 0.1) is 17.6 Å².